The maximum absolute atomic E-state index is 12.3. The average molecular weight is 350 g/mol. The van der Waals surface area contributed by atoms with Crippen LogP contribution < -0.4 is 10.0 Å². The number of amides is 1. The fourth-order valence-electron chi connectivity index (χ4n) is 2.27. The lowest BCUT2D eigenvalue weighted by atomic mass is 10.1. The summed E-state index contributed by atoms with van der Waals surface area (Å²) in [4.78, 5) is 12.3. The van der Waals surface area contributed by atoms with E-state index in [1.165, 1.54) is 0 Å². The normalized spacial score (nSPS) is 12.6. The lowest BCUT2D eigenvalue weighted by Gasteiger charge is -2.15. The highest BCUT2D eigenvalue weighted by Crippen LogP contribution is 2.18. The van der Waals surface area contributed by atoms with Crippen LogP contribution >= 0.6 is 0 Å². The fraction of sp³-hybridized carbons (Fsp3) is 0.353. The number of anilines is 1. The van der Waals surface area contributed by atoms with Crippen molar-refractivity contribution in [3.05, 3.63) is 53.5 Å². The van der Waals surface area contributed by atoms with E-state index in [0.717, 1.165) is 30.4 Å². The molecule has 0 aliphatic heterocycles. The zero-order valence-electron chi connectivity index (χ0n) is 14.0. The molecule has 0 spiro atoms. The van der Waals surface area contributed by atoms with Gasteiger partial charge in [0.25, 0.3) is 5.91 Å². The Morgan fingerprint density at radius 3 is 2.67 bits per heavy atom. The first-order valence-electron chi connectivity index (χ1n) is 7.66. The molecule has 1 amide bonds. The number of furan rings is 1. The van der Waals surface area contributed by atoms with Gasteiger partial charge in [0, 0.05) is 18.0 Å². The van der Waals surface area contributed by atoms with Crippen molar-refractivity contribution in [2.75, 3.05) is 11.0 Å². The Morgan fingerprint density at radius 1 is 1.29 bits per heavy atom. The number of carbonyl (C=O) groups is 1. The predicted molar refractivity (Wildman–Crippen MR) is 93.6 cm³/mol. The maximum Gasteiger partial charge on any atom is 0.251 e. The molecule has 7 heteroatoms. The van der Waals surface area contributed by atoms with E-state index < -0.39 is 10.0 Å². The first-order valence-corrected chi connectivity index (χ1v) is 9.55. The van der Waals surface area contributed by atoms with Crippen LogP contribution in [0, 0.1) is 6.92 Å². The predicted octanol–water partition coefficient (Wildman–Crippen LogP) is 2.71. The summed E-state index contributed by atoms with van der Waals surface area (Å²) in [7, 11) is -3.39. The molecule has 130 valence electrons. The standard InChI is InChI=1S/C17H22N2O4S/c1-12-6-8-14(11-16(12)19-24(3,21)22)17(20)18-13(2)7-9-15-5-4-10-23-15/h4-6,8,10-11,13,19H,7,9H2,1-3H3,(H,18,20). The molecule has 1 aromatic heterocycles. The smallest absolute Gasteiger partial charge is 0.251 e. The average Bonchev–Trinajstić information content (AvgIpc) is 2.99. The Balaban J connectivity index is 1.99. The van der Waals surface area contributed by atoms with Crippen LogP contribution in [0.5, 0.6) is 0 Å². The van der Waals surface area contributed by atoms with Crippen LogP contribution in [0.2, 0.25) is 0 Å². The van der Waals surface area contributed by atoms with Crippen LogP contribution in [-0.4, -0.2) is 26.6 Å². The van der Waals surface area contributed by atoms with E-state index in [4.69, 9.17) is 4.42 Å². The highest BCUT2D eigenvalue weighted by atomic mass is 32.2. The van der Waals surface area contributed by atoms with Crippen LogP contribution in [-0.2, 0) is 16.4 Å². The maximum atomic E-state index is 12.3. The molecule has 1 atom stereocenters. The van der Waals surface area contributed by atoms with Gasteiger partial charge in [-0.05, 0) is 50.1 Å². The third kappa shape index (κ3) is 5.42. The molecule has 2 rings (SSSR count). The molecule has 2 N–H and O–H groups in total. The van der Waals surface area contributed by atoms with Gasteiger partial charge < -0.3 is 9.73 Å². The van der Waals surface area contributed by atoms with Gasteiger partial charge in [-0.15, -0.1) is 0 Å². The summed E-state index contributed by atoms with van der Waals surface area (Å²) < 4.78 is 30.5. The minimum absolute atomic E-state index is 0.0322. The number of aryl methyl sites for hydroxylation is 2. The summed E-state index contributed by atoms with van der Waals surface area (Å²) >= 11 is 0. The van der Waals surface area contributed by atoms with Gasteiger partial charge in [0.15, 0.2) is 0 Å². The Hall–Kier alpha value is -2.28. The van der Waals surface area contributed by atoms with E-state index in [1.807, 2.05) is 19.1 Å². The first-order chi connectivity index (χ1) is 11.2. The van der Waals surface area contributed by atoms with Crippen molar-refractivity contribution in [1.29, 1.82) is 0 Å². The highest BCUT2D eigenvalue weighted by molar-refractivity contribution is 7.92. The molecule has 0 aliphatic carbocycles. The van der Waals surface area contributed by atoms with E-state index in [0.29, 0.717) is 11.3 Å². The zero-order valence-corrected chi connectivity index (χ0v) is 14.8. The fourth-order valence-corrected chi connectivity index (χ4v) is 2.89. The Kier molecular flexibility index (Phi) is 5.66. The van der Waals surface area contributed by atoms with Gasteiger partial charge in [0.1, 0.15) is 5.76 Å². The minimum atomic E-state index is -3.39. The molecule has 0 bridgehead atoms. The molecule has 1 unspecified atom stereocenters. The third-order valence-corrected chi connectivity index (χ3v) is 4.17. The third-order valence-electron chi connectivity index (χ3n) is 3.58. The summed E-state index contributed by atoms with van der Waals surface area (Å²) in [5, 5.41) is 2.91. The largest absolute Gasteiger partial charge is 0.469 e. The Morgan fingerprint density at radius 2 is 2.04 bits per heavy atom. The second kappa shape index (κ2) is 7.53. The van der Waals surface area contributed by atoms with Crippen LogP contribution in [0.3, 0.4) is 0 Å². The van der Waals surface area contributed by atoms with Gasteiger partial charge in [0.05, 0.1) is 18.2 Å². The van der Waals surface area contributed by atoms with Gasteiger partial charge >= 0.3 is 0 Å². The summed E-state index contributed by atoms with van der Waals surface area (Å²) in [5.41, 5.74) is 1.58. The summed E-state index contributed by atoms with van der Waals surface area (Å²) in [6.45, 7) is 3.70. The van der Waals surface area contributed by atoms with E-state index in [1.54, 1.807) is 31.4 Å². The minimum Gasteiger partial charge on any atom is -0.469 e. The lowest BCUT2D eigenvalue weighted by Crippen LogP contribution is -2.33. The summed E-state index contributed by atoms with van der Waals surface area (Å²) in [6.07, 6.45) is 4.19. The lowest BCUT2D eigenvalue weighted by molar-refractivity contribution is 0.0938. The van der Waals surface area contributed by atoms with Crippen LogP contribution in [0.1, 0.15) is 35.0 Å². The Labute approximate surface area is 142 Å². The van der Waals surface area contributed by atoms with E-state index in [9.17, 15) is 13.2 Å². The van der Waals surface area contributed by atoms with Crippen molar-refractivity contribution in [3.63, 3.8) is 0 Å². The van der Waals surface area contributed by atoms with E-state index in [-0.39, 0.29) is 11.9 Å². The van der Waals surface area contributed by atoms with Crippen LogP contribution in [0.25, 0.3) is 0 Å². The number of hydrogen-bond acceptors (Lipinski definition) is 4. The van der Waals surface area contributed by atoms with Crippen LogP contribution in [0.15, 0.2) is 41.0 Å². The quantitative estimate of drug-likeness (QED) is 0.803. The first kappa shape index (κ1) is 18.1. The van der Waals surface area contributed by atoms with Crippen molar-refractivity contribution in [2.45, 2.75) is 32.7 Å². The van der Waals surface area contributed by atoms with Gasteiger partial charge in [-0.3, -0.25) is 9.52 Å². The molecule has 1 aromatic carbocycles. The molecule has 6 nitrogen and oxygen atoms in total. The molecular formula is C17H22N2O4S. The molecule has 2 aromatic rings. The van der Waals surface area contributed by atoms with Crippen molar-refractivity contribution in [2.24, 2.45) is 0 Å². The number of hydrogen-bond donors (Lipinski definition) is 2. The topological polar surface area (TPSA) is 88.4 Å². The van der Waals surface area contributed by atoms with Crippen molar-refractivity contribution >= 4 is 21.6 Å². The zero-order chi connectivity index (χ0) is 17.7. The number of nitrogens with one attached hydrogen (secondary N) is 2. The number of sulfonamides is 1. The molecule has 24 heavy (non-hydrogen) atoms. The summed E-state index contributed by atoms with van der Waals surface area (Å²) in [5.74, 6) is 0.643. The van der Waals surface area contributed by atoms with E-state index in [2.05, 4.69) is 10.0 Å². The van der Waals surface area contributed by atoms with Crippen molar-refractivity contribution in [1.82, 2.24) is 5.32 Å². The number of rotatable bonds is 7. The Bertz CT molecular complexity index is 798. The number of benzene rings is 1. The number of carbonyl (C=O) groups excluding carboxylic acids is 1. The highest BCUT2D eigenvalue weighted by Gasteiger charge is 2.13. The molecule has 0 fully saturated rings. The molecular weight excluding hydrogens is 328 g/mol. The molecule has 0 aliphatic rings. The van der Waals surface area contributed by atoms with Gasteiger partial charge in [-0.25, -0.2) is 8.42 Å². The van der Waals surface area contributed by atoms with Crippen molar-refractivity contribution < 1.29 is 17.6 Å². The molecule has 1 heterocycles. The SMILES string of the molecule is Cc1ccc(C(=O)NC(C)CCc2ccco2)cc1NS(C)(=O)=O. The molecule has 0 saturated carbocycles. The second-order valence-electron chi connectivity index (χ2n) is 5.90. The van der Waals surface area contributed by atoms with Crippen molar-refractivity contribution in [3.8, 4) is 0 Å². The van der Waals surface area contributed by atoms with Gasteiger partial charge in [0.2, 0.25) is 10.0 Å². The molecule has 0 radical (unpaired) electrons. The monoisotopic (exact) mass is 350 g/mol. The van der Waals surface area contributed by atoms with Gasteiger partial charge in [-0.1, -0.05) is 6.07 Å². The van der Waals surface area contributed by atoms with E-state index >= 15 is 0 Å². The molecule has 0 saturated heterocycles. The van der Waals surface area contributed by atoms with Gasteiger partial charge in [-0.2, -0.15) is 0 Å². The second-order valence-corrected chi connectivity index (χ2v) is 7.64. The summed E-state index contributed by atoms with van der Waals surface area (Å²) in [6, 6.07) is 8.65. The van der Waals surface area contributed by atoms with Crippen LogP contribution in [0.4, 0.5) is 5.69 Å².